The van der Waals surface area contributed by atoms with E-state index < -0.39 is 0 Å². The lowest BCUT2D eigenvalue weighted by Gasteiger charge is -2.09. The van der Waals surface area contributed by atoms with Gasteiger partial charge in [-0.15, -0.1) is 10.2 Å². The van der Waals surface area contributed by atoms with E-state index in [1.54, 1.807) is 19.2 Å². The summed E-state index contributed by atoms with van der Waals surface area (Å²) in [6, 6.07) is 7.19. The molecule has 0 saturated carbocycles. The molecular formula is C16H21N3O3S. The first-order valence-corrected chi connectivity index (χ1v) is 8.38. The van der Waals surface area contributed by atoms with Gasteiger partial charge < -0.3 is 9.47 Å². The lowest BCUT2D eigenvalue weighted by molar-refractivity contribution is -0.118. The Bertz CT molecular complexity index is 641. The van der Waals surface area contributed by atoms with E-state index in [-0.39, 0.29) is 12.5 Å². The van der Waals surface area contributed by atoms with Gasteiger partial charge in [0, 0.05) is 5.92 Å². The molecule has 1 N–H and O–H groups in total. The quantitative estimate of drug-likeness (QED) is 0.799. The molecule has 7 heteroatoms. The van der Waals surface area contributed by atoms with E-state index in [1.165, 1.54) is 11.3 Å². The molecule has 1 heterocycles. The third-order valence-electron chi connectivity index (χ3n) is 3.45. The van der Waals surface area contributed by atoms with Crippen molar-refractivity contribution in [3.05, 3.63) is 29.3 Å². The van der Waals surface area contributed by atoms with Crippen molar-refractivity contribution in [2.45, 2.75) is 32.6 Å². The summed E-state index contributed by atoms with van der Waals surface area (Å²) >= 11 is 1.41. The number of nitrogens with zero attached hydrogens (tertiary/aromatic N) is 2. The van der Waals surface area contributed by atoms with Crippen LogP contribution in [-0.2, 0) is 4.79 Å². The van der Waals surface area contributed by atoms with E-state index in [0.29, 0.717) is 22.5 Å². The van der Waals surface area contributed by atoms with E-state index >= 15 is 0 Å². The normalized spacial score (nSPS) is 10.6. The average molecular weight is 335 g/mol. The Kier molecular flexibility index (Phi) is 6.34. The van der Waals surface area contributed by atoms with Gasteiger partial charge in [-0.05, 0) is 25.0 Å². The maximum Gasteiger partial charge on any atom is 0.264 e. The Hall–Kier alpha value is -2.15. The predicted molar refractivity (Wildman–Crippen MR) is 90.4 cm³/mol. The monoisotopic (exact) mass is 335 g/mol. The van der Waals surface area contributed by atoms with E-state index in [4.69, 9.17) is 9.47 Å². The zero-order chi connectivity index (χ0) is 16.7. The summed E-state index contributed by atoms with van der Waals surface area (Å²) in [4.78, 5) is 12.0. The van der Waals surface area contributed by atoms with Crippen molar-refractivity contribution in [1.29, 1.82) is 0 Å². The Morgan fingerprint density at radius 3 is 2.57 bits per heavy atom. The standard InChI is InChI=1S/C16H21N3O3S/c1-4-11(5-2)15-18-19-16(23-15)17-14(20)10-22-13-9-7-6-8-12(13)21-3/h6-9,11H,4-5,10H2,1-3H3,(H,17,19,20). The van der Waals surface area contributed by atoms with Crippen molar-refractivity contribution >= 4 is 22.4 Å². The molecule has 0 unspecified atom stereocenters. The van der Waals surface area contributed by atoms with Gasteiger partial charge >= 0.3 is 0 Å². The molecule has 23 heavy (non-hydrogen) atoms. The lowest BCUT2D eigenvalue weighted by atomic mass is 10.1. The fourth-order valence-corrected chi connectivity index (χ4v) is 3.15. The molecule has 6 nitrogen and oxygen atoms in total. The highest BCUT2D eigenvalue weighted by Gasteiger charge is 2.15. The number of rotatable bonds is 8. The minimum Gasteiger partial charge on any atom is -0.493 e. The van der Waals surface area contributed by atoms with Crippen LogP contribution in [0.15, 0.2) is 24.3 Å². The second-order valence-corrected chi connectivity index (χ2v) is 5.96. The Morgan fingerprint density at radius 1 is 1.22 bits per heavy atom. The molecule has 0 atom stereocenters. The summed E-state index contributed by atoms with van der Waals surface area (Å²) in [5, 5.41) is 12.3. The second-order valence-electron chi connectivity index (χ2n) is 4.95. The van der Waals surface area contributed by atoms with Crippen LogP contribution in [0, 0.1) is 0 Å². The van der Waals surface area contributed by atoms with Crippen molar-refractivity contribution < 1.29 is 14.3 Å². The molecule has 0 spiro atoms. The van der Waals surface area contributed by atoms with Crippen LogP contribution in [0.4, 0.5) is 5.13 Å². The number of hydrogen-bond acceptors (Lipinski definition) is 6. The molecule has 0 aliphatic rings. The molecule has 0 aliphatic carbocycles. The van der Waals surface area contributed by atoms with Crippen molar-refractivity contribution in [2.24, 2.45) is 0 Å². The van der Waals surface area contributed by atoms with Gasteiger partial charge in [-0.1, -0.05) is 37.3 Å². The van der Waals surface area contributed by atoms with Gasteiger partial charge in [0.25, 0.3) is 5.91 Å². The number of carbonyl (C=O) groups is 1. The minimum absolute atomic E-state index is 0.111. The highest BCUT2D eigenvalue weighted by atomic mass is 32.1. The number of para-hydroxylation sites is 2. The number of aromatic nitrogens is 2. The van der Waals surface area contributed by atoms with Gasteiger partial charge in [-0.3, -0.25) is 10.1 Å². The van der Waals surface area contributed by atoms with Gasteiger partial charge in [0.2, 0.25) is 5.13 Å². The molecule has 0 saturated heterocycles. The summed E-state index contributed by atoms with van der Waals surface area (Å²) < 4.78 is 10.7. The summed E-state index contributed by atoms with van der Waals surface area (Å²) in [7, 11) is 1.56. The van der Waals surface area contributed by atoms with Crippen molar-refractivity contribution in [2.75, 3.05) is 19.0 Å². The summed E-state index contributed by atoms with van der Waals surface area (Å²) in [6.07, 6.45) is 2.02. The average Bonchev–Trinajstić information content (AvgIpc) is 3.02. The van der Waals surface area contributed by atoms with Gasteiger partial charge in [0.05, 0.1) is 7.11 Å². The largest absolute Gasteiger partial charge is 0.493 e. The van der Waals surface area contributed by atoms with Gasteiger partial charge in [0.1, 0.15) is 5.01 Å². The zero-order valence-corrected chi connectivity index (χ0v) is 14.4. The summed E-state index contributed by atoms with van der Waals surface area (Å²) in [5.41, 5.74) is 0. The number of carbonyl (C=O) groups excluding carboxylic acids is 1. The number of benzene rings is 1. The van der Waals surface area contributed by atoms with Crippen LogP contribution in [0.25, 0.3) is 0 Å². The molecule has 0 fully saturated rings. The number of amides is 1. The summed E-state index contributed by atoms with van der Waals surface area (Å²) in [6.45, 7) is 4.13. The lowest BCUT2D eigenvalue weighted by Crippen LogP contribution is -2.20. The van der Waals surface area contributed by atoms with E-state index in [0.717, 1.165) is 17.8 Å². The van der Waals surface area contributed by atoms with Crippen LogP contribution < -0.4 is 14.8 Å². The molecular weight excluding hydrogens is 314 g/mol. The van der Waals surface area contributed by atoms with Crippen molar-refractivity contribution in [3.63, 3.8) is 0 Å². The first-order valence-electron chi connectivity index (χ1n) is 7.57. The summed E-state index contributed by atoms with van der Waals surface area (Å²) in [5.74, 6) is 1.23. The van der Waals surface area contributed by atoms with E-state index in [9.17, 15) is 4.79 Å². The molecule has 0 bridgehead atoms. The molecule has 0 aliphatic heterocycles. The zero-order valence-electron chi connectivity index (χ0n) is 13.5. The molecule has 1 aromatic carbocycles. The first-order chi connectivity index (χ1) is 11.2. The van der Waals surface area contributed by atoms with Crippen molar-refractivity contribution in [3.8, 4) is 11.5 Å². The van der Waals surface area contributed by atoms with Gasteiger partial charge in [0.15, 0.2) is 18.1 Å². The van der Waals surface area contributed by atoms with Crippen LogP contribution in [-0.4, -0.2) is 29.8 Å². The van der Waals surface area contributed by atoms with Crippen LogP contribution >= 0.6 is 11.3 Å². The highest BCUT2D eigenvalue weighted by Crippen LogP contribution is 2.28. The van der Waals surface area contributed by atoms with Gasteiger partial charge in [-0.2, -0.15) is 0 Å². The van der Waals surface area contributed by atoms with Crippen LogP contribution in [0.5, 0.6) is 11.5 Å². The minimum atomic E-state index is -0.275. The molecule has 2 rings (SSSR count). The molecule has 0 radical (unpaired) electrons. The fourth-order valence-electron chi connectivity index (χ4n) is 2.12. The maximum atomic E-state index is 12.0. The Labute approximate surface area is 139 Å². The third kappa shape index (κ3) is 4.66. The fraction of sp³-hybridized carbons (Fsp3) is 0.438. The van der Waals surface area contributed by atoms with Crippen molar-refractivity contribution in [1.82, 2.24) is 10.2 Å². The molecule has 2 aromatic rings. The smallest absolute Gasteiger partial charge is 0.264 e. The second kappa shape index (κ2) is 8.47. The Balaban J connectivity index is 1.90. The number of hydrogen-bond donors (Lipinski definition) is 1. The number of nitrogens with one attached hydrogen (secondary N) is 1. The van der Waals surface area contributed by atoms with Gasteiger partial charge in [-0.25, -0.2) is 0 Å². The number of methoxy groups -OCH3 is 1. The highest BCUT2D eigenvalue weighted by molar-refractivity contribution is 7.15. The van der Waals surface area contributed by atoms with E-state index in [1.807, 2.05) is 12.1 Å². The predicted octanol–water partition coefficient (Wildman–Crippen LogP) is 3.47. The van der Waals surface area contributed by atoms with Crippen LogP contribution in [0.2, 0.25) is 0 Å². The van der Waals surface area contributed by atoms with E-state index in [2.05, 4.69) is 29.4 Å². The van der Waals surface area contributed by atoms with Crippen LogP contribution in [0.3, 0.4) is 0 Å². The first kappa shape index (κ1) is 17.2. The molecule has 1 amide bonds. The third-order valence-corrected chi connectivity index (χ3v) is 4.45. The number of ether oxygens (including phenoxy) is 2. The van der Waals surface area contributed by atoms with Crippen LogP contribution in [0.1, 0.15) is 37.6 Å². The molecule has 124 valence electrons. The molecule has 1 aromatic heterocycles. The Morgan fingerprint density at radius 2 is 1.91 bits per heavy atom. The SMILES string of the molecule is CCC(CC)c1nnc(NC(=O)COc2ccccc2OC)s1. The number of anilines is 1. The maximum absolute atomic E-state index is 12.0. The topological polar surface area (TPSA) is 73.3 Å².